The van der Waals surface area contributed by atoms with Gasteiger partial charge in [0.2, 0.25) is 0 Å². The Morgan fingerprint density at radius 3 is 2.18 bits per heavy atom. The number of hydrogen-bond acceptors (Lipinski definition) is 3. The zero-order valence-electron chi connectivity index (χ0n) is 15.8. The Kier molecular flexibility index (Phi) is 8.06. The summed E-state index contributed by atoms with van der Waals surface area (Å²) in [6.07, 6.45) is 3.62. The van der Waals surface area contributed by atoms with Gasteiger partial charge in [0.15, 0.2) is 0 Å². The van der Waals surface area contributed by atoms with E-state index in [1.54, 1.807) is 18.3 Å². The quantitative estimate of drug-likeness (QED) is 0.333. The molecule has 0 aliphatic rings. The average molecular weight is 546 g/mol. The van der Waals surface area contributed by atoms with Gasteiger partial charge in [0, 0.05) is 38.1 Å². The van der Waals surface area contributed by atoms with Crippen molar-refractivity contribution in [1.29, 1.82) is 0 Å². The Hall–Kier alpha value is -2.81. The van der Waals surface area contributed by atoms with Crippen LogP contribution in [0.4, 0.5) is 0 Å². The zero-order chi connectivity index (χ0) is 19.1. The van der Waals surface area contributed by atoms with Gasteiger partial charge in [0.25, 0.3) is 0 Å². The minimum atomic E-state index is 0. The van der Waals surface area contributed by atoms with Crippen molar-refractivity contribution in [1.82, 2.24) is 9.97 Å². The van der Waals surface area contributed by atoms with E-state index in [0.29, 0.717) is 0 Å². The topological polar surface area (TPSA) is 46.0 Å². The second kappa shape index (κ2) is 10.5. The van der Waals surface area contributed by atoms with E-state index < -0.39 is 0 Å². The van der Waals surface area contributed by atoms with Gasteiger partial charge in [-0.1, -0.05) is 29.8 Å². The summed E-state index contributed by atoms with van der Waals surface area (Å²) in [6, 6.07) is 26.0. The van der Waals surface area contributed by atoms with Gasteiger partial charge in [-0.3, -0.25) is 4.98 Å². The summed E-state index contributed by atoms with van der Waals surface area (Å²) in [5.41, 5.74) is 6.10. The van der Waals surface area contributed by atoms with E-state index in [2.05, 4.69) is 35.9 Å². The van der Waals surface area contributed by atoms with E-state index in [9.17, 15) is 5.11 Å². The van der Waals surface area contributed by atoms with Crippen LogP contribution in [-0.2, 0) is 20.1 Å². The van der Waals surface area contributed by atoms with Crippen molar-refractivity contribution in [3.8, 4) is 28.3 Å². The summed E-state index contributed by atoms with van der Waals surface area (Å²) >= 11 is 0. The first kappa shape index (κ1) is 21.5. The van der Waals surface area contributed by atoms with Crippen LogP contribution >= 0.6 is 0 Å². The molecule has 0 aliphatic carbocycles. The molecule has 0 saturated carbocycles. The molecule has 4 rings (SSSR count). The van der Waals surface area contributed by atoms with Crippen molar-refractivity contribution < 1.29 is 25.2 Å². The van der Waals surface area contributed by atoms with Gasteiger partial charge in [0.1, 0.15) is 5.75 Å². The van der Waals surface area contributed by atoms with Crippen LogP contribution in [0, 0.1) is 19.9 Å². The molecule has 0 unspecified atom stereocenters. The van der Waals surface area contributed by atoms with Crippen LogP contribution < -0.4 is 0 Å². The van der Waals surface area contributed by atoms with Gasteiger partial charge in [-0.05, 0) is 49.4 Å². The third kappa shape index (κ3) is 5.59. The number of nitrogens with zero attached hydrogens (tertiary/aromatic N) is 2. The van der Waals surface area contributed by atoms with Crippen LogP contribution in [0.15, 0.2) is 85.2 Å². The van der Waals surface area contributed by atoms with E-state index in [1.807, 2.05) is 60.8 Å². The number of benzene rings is 2. The maximum absolute atomic E-state index is 9.52. The Labute approximate surface area is 179 Å². The van der Waals surface area contributed by atoms with Crippen LogP contribution in [0.3, 0.4) is 0 Å². The van der Waals surface area contributed by atoms with Crippen molar-refractivity contribution in [2.45, 2.75) is 13.8 Å². The Morgan fingerprint density at radius 2 is 1.54 bits per heavy atom. The third-order valence-corrected chi connectivity index (χ3v) is 4.20. The molecule has 0 aliphatic heterocycles. The number of pyridine rings is 2. The predicted molar refractivity (Wildman–Crippen MR) is 109 cm³/mol. The van der Waals surface area contributed by atoms with E-state index in [0.717, 1.165) is 22.5 Å². The molecule has 0 atom stereocenters. The molecular formula is C24H21IrN2O-. The molecule has 28 heavy (non-hydrogen) atoms. The molecule has 143 valence electrons. The Balaban J connectivity index is 0.000000194. The third-order valence-electron chi connectivity index (χ3n) is 4.20. The zero-order valence-corrected chi connectivity index (χ0v) is 18.2. The molecule has 4 heteroatoms. The van der Waals surface area contributed by atoms with E-state index in [1.165, 1.54) is 11.1 Å². The van der Waals surface area contributed by atoms with Gasteiger partial charge in [-0.2, -0.15) is 0 Å². The number of phenolic OH excluding ortho intramolecular Hbond substituents is 1. The molecule has 2 aromatic carbocycles. The molecule has 4 aromatic rings. The fraction of sp³-hybridized carbons (Fsp3) is 0.0833. The molecule has 0 fully saturated rings. The van der Waals surface area contributed by atoms with E-state index in [-0.39, 0.29) is 25.9 Å². The van der Waals surface area contributed by atoms with Gasteiger partial charge in [-0.15, -0.1) is 35.9 Å². The maximum atomic E-state index is 9.52. The van der Waals surface area contributed by atoms with Crippen LogP contribution in [0.5, 0.6) is 5.75 Å². The van der Waals surface area contributed by atoms with Crippen LogP contribution in [-0.4, -0.2) is 15.1 Å². The smallest absolute Gasteiger partial charge is 0.124 e. The molecule has 1 N–H and O–H groups in total. The molecule has 3 nitrogen and oxygen atoms in total. The minimum Gasteiger partial charge on any atom is -0.507 e. The molecule has 1 radical (unpaired) electrons. The first-order chi connectivity index (χ1) is 13.1. The van der Waals surface area contributed by atoms with Crippen molar-refractivity contribution in [3.63, 3.8) is 0 Å². The molecule has 0 spiro atoms. The number of aromatic nitrogens is 2. The fourth-order valence-electron chi connectivity index (χ4n) is 2.54. The average Bonchev–Trinajstić information content (AvgIpc) is 2.72. The number of para-hydroxylation sites is 1. The summed E-state index contributed by atoms with van der Waals surface area (Å²) in [5, 5.41) is 9.52. The largest absolute Gasteiger partial charge is 0.507 e. The van der Waals surface area contributed by atoms with Crippen molar-refractivity contribution >= 4 is 0 Å². The van der Waals surface area contributed by atoms with Crippen LogP contribution in [0.2, 0.25) is 0 Å². The van der Waals surface area contributed by atoms with Crippen LogP contribution in [0.1, 0.15) is 11.1 Å². The first-order valence-corrected chi connectivity index (χ1v) is 8.75. The minimum absolute atomic E-state index is 0. The molecular weight excluding hydrogens is 524 g/mol. The second-order valence-electron chi connectivity index (χ2n) is 6.16. The number of rotatable bonds is 2. The monoisotopic (exact) mass is 546 g/mol. The number of hydrogen-bond donors (Lipinski definition) is 1. The van der Waals surface area contributed by atoms with Gasteiger partial charge >= 0.3 is 0 Å². The molecule has 0 saturated heterocycles. The maximum Gasteiger partial charge on any atom is 0.124 e. The standard InChI is InChI=1S/C13H12N.C11H9NO.Ir/c1-10-8-13(14-9-11(10)2)12-6-4-3-5-7-12;13-11-7-2-1-5-9(11)10-6-3-4-8-12-10;/h3-6,8-9H,1-2H3;1-8,13H;/q-1;;. The second-order valence-corrected chi connectivity index (χ2v) is 6.16. The van der Waals surface area contributed by atoms with E-state index in [4.69, 9.17) is 0 Å². The van der Waals surface area contributed by atoms with Crippen molar-refractivity contribution in [2.75, 3.05) is 0 Å². The van der Waals surface area contributed by atoms with Gasteiger partial charge in [-0.25, -0.2) is 0 Å². The molecule has 2 aromatic heterocycles. The summed E-state index contributed by atoms with van der Waals surface area (Å²) in [7, 11) is 0. The van der Waals surface area contributed by atoms with Crippen molar-refractivity contribution in [3.05, 3.63) is 102 Å². The molecule has 2 heterocycles. The summed E-state index contributed by atoms with van der Waals surface area (Å²) in [5.74, 6) is 0.265. The predicted octanol–water partition coefficient (Wildman–Crippen LogP) is 5.62. The van der Waals surface area contributed by atoms with E-state index >= 15 is 0 Å². The van der Waals surface area contributed by atoms with Crippen LogP contribution in [0.25, 0.3) is 22.5 Å². The van der Waals surface area contributed by atoms with Crippen molar-refractivity contribution in [2.24, 2.45) is 0 Å². The number of aromatic hydroxyl groups is 1. The first-order valence-electron chi connectivity index (χ1n) is 8.75. The number of aryl methyl sites for hydroxylation is 2. The molecule has 0 amide bonds. The normalized spacial score (nSPS) is 9.64. The van der Waals surface area contributed by atoms with Gasteiger partial charge < -0.3 is 10.1 Å². The summed E-state index contributed by atoms with van der Waals surface area (Å²) in [6.45, 7) is 4.17. The number of phenols is 1. The fourth-order valence-corrected chi connectivity index (χ4v) is 2.54. The SMILES string of the molecule is Cc1cnc(-c2[c-]cccc2)cc1C.Oc1ccccc1-c1ccccn1.[Ir]. The molecule has 0 bridgehead atoms. The summed E-state index contributed by atoms with van der Waals surface area (Å²) in [4.78, 5) is 8.53. The van der Waals surface area contributed by atoms with Gasteiger partial charge in [0.05, 0.1) is 5.69 Å². The Bertz CT molecular complexity index is 1010. The Morgan fingerprint density at radius 1 is 0.786 bits per heavy atom. The summed E-state index contributed by atoms with van der Waals surface area (Å²) < 4.78 is 0.